The van der Waals surface area contributed by atoms with Crippen molar-refractivity contribution in [3.8, 4) is 0 Å². The lowest BCUT2D eigenvalue weighted by Gasteiger charge is -2.20. The van der Waals surface area contributed by atoms with Gasteiger partial charge in [-0.1, -0.05) is 91.5 Å². The van der Waals surface area contributed by atoms with E-state index in [0.29, 0.717) is 5.30 Å². The molecule has 132 valence electrons. The summed E-state index contributed by atoms with van der Waals surface area (Å²) < 4.78 is 25.4. The predicted octanol–water partition coefficient (Wildman–Crippen LogP) is 5.58. The molecule has 0 aliphatic heterocycles. The normalized spacial score (nSPS) is 11.2. The number of benzene rings is 3. The van der Waals surface area contributed by atoms with Gasteiger partial charge in [0.25, 0.3) is 0 Å². The van der Waals surface area contributed by atoms with Crippen molar-refractivity contribution in [2.24, 2.45) is 0 Å². The summed E-state index contributed by atoms with van der Waals surface area (Å²) in [6.45, 7) is 4.22. The summed E-state index contributed by atoms with van der Waals surface area (Å²) in [4.78, 5) is 0. The predicted molar refractivity (Wildman–Crippen MR) is 106 cm³/mol. The fraction of sp³-hybridized carbons (Fsp3) is 0.0909. The Bertz CT molecular complexity index is 844. The average molecular weight is 364 g/mol. The van der Waals surface area contributed by atoms with Gasteiger partial charge in [-0.25, -0.2) is 0 Å². The molecule has 0 atom stereocenters. The van der Waals surface area contributed by atoms with Crippen LogP contribution >= 0.6 is 7.60 Å². The van der Waals surface area contributed by atoms with Crippen molar-refractivity contribution in [1.29, 1.82) is 0 Å². The van der Waals surface area contributed by atoms with Crippen molar-refractivity contribution in [3.05, 3.63) is 108 Å². The van der Waals surface area contributed by atoms with E-state index >= 15 is 0 Å². The third kappa shape index (κ3) is 4.59. The smallest absolute Gasteiger partial charge is 0.300 e. The highest BCUT2D eigenvalue weighted by molar-refractivity contribution is 7.62. The molecule has 3 aromatic carbocycles. The molecule has 0 aliphatic rings. The highest BCUT2D eigenvalue weighted by Gasteiger charge is 2.30. The Kier molecular flexibility index (Phi) is 6.19. The van der Waals surface area contributed by atoms with Gasteiger partial charge in [0.15, 0.2) is 0 Å². The Balaban J connectivity index is 1.87. The van der Waals surface area contributed by atoms with Crippen molar-refractivity contribution in [2.75, 3.05) is 0 Å². The van der Waals surface area contributed by atoms with Gasteiger partial charge in [0, 0.05) is 0 Å². The van der Waals surface area contributed by atoms with E-state index < -0.39 is 7.60 Å². The minimum Gasteiger partial charge on any atom is -0.300 e. The van der Waals surface area contributed by atoms with Gasteiger partial charge in [-0.15, -0.1) is 0 Å². The zero-order valence-corrected chi connectivity index (χ0v) is 15.3. The number of hydrogen-bond donors (Lipinski definition) is 0. The van der Waals surface area contributed by atoms with Gasteiger partial charge in [0.05, 0.1) is 18.5 Å². The quantitative estimate of drug-likeness (QED) is 0.489. The third-order valence-corrected chi connectivity index (χ3v) is 5.88. The Labute approximate surface area is 154 Å². The van der Waals surface area contributed by atoms with Gasteiger partial charge >= 0.3 is 7.60 Å². The van der Waals surface area contributed by atoms with Crippen LogP contribution in [0.4, 0.5) is 0 Å². The Morgan fingerprint density at radius 3 is 1.69 bits per heavy atom. The zero-order valence-electron chi connectivity index (χ0n) is 14.5. The van der Waals surface area contributed by atoms with E-state index in [0.717, 1.165) is 16.7 Å². The van der Waals surface area contributed by atoms with E-state index in [4.69, 9.17) is 9.05 Å². The van der Waals surface area contributed by atoms with Crippen LogP contribution in [0.2, 0.25) is 0 Å². The molecule has 26 heavy (non-hydrogen) atoms. The van der Waals surface area contributed by atoms with E-state index in [1.54, 1.807) is 12.1 Å². The molecule has 3 aromatic rings. The largest absolute Gasteiger partial charge is 0.362 e. The van der Waals surface area contributed by atoms with Gasteiger partial charge in [-0.05, 0) is 22.8 Å². The van der Waals surface area contributed by atoms with Crippen LogP contribution in [0, 0.1) is 0 Å². The minimum absolute atomic E-state index is 0.207. The molecule has 0 saturated heterocycles. The molecule has 0 N–H and O–H groups in total. The Morgan fingerprint density at radius 2 is 1.19 bits per heavy atom. The summed E-state index contributed by atoms with van der Waals surface area (Å²) >= 11 is 0. The molecule has 0 fully saturated rings. The highest BCUT2D eigenvalue weighted by atomic mass is 31.2. The lowest BCUT2D eigenvalue weighted by Crippen LogP contribution is -2.13. The fourth-order valence-corrected chi connectivity index (χ4v) is 4.29. The molecule has 0 saturated carbocycles. The number of rotatable bonds is 8. The lowest BCUT2D eigenvalue weighted by molar-refractivity contribution is 0.200. The van der Waals surface area contributed by atoms with Gasteiger partial charge in [0.2, 0.25) is 0 Å². The molecule has 0 radical (unpaired) electrons. The SMILES string of the molecule is C=Cc1ccccc1P(=O)(OCc1ccccc1)OCc1ccccc1. The van der Waals surface area contributed by atoms with Crippen LogP contribution in [-0.4, -0.2) is 0 Å². The van der Waals surface area contributed by atoms with Crippen LogP contribution in [0.15, 0.2) is 91.5 Å². The Hall–Kier alpha value is -2.45. The first-order valence-corrected chi connectivity index (χ1v) is 9.94. The van der Waals surface area contributed by atoms with Crippen LogP contribution in [0.25, 0.3) is 6.08 Å². The monoisotopic (exact) mass is 364 g/mol. The summed E-state index contributed by atoms with van der Waals surface area (Å²) in [6, 6.07) is 26.6. The number of hydrogen-bond acceptors (Lipinski definition) is 3. The molecular formula is C22H21O3P. The van der Waals surface area contributed by atoms with Crippen molar-refractivity contribution >= 4 is 19.0 Å². The first-order chi connectivity index (χ1) is 12.7. The second kappa shape index (κ2) is 8.77. The minimum atomic E-state index is -3.53. The van der Waals surface area contributed by atoms with Gasteiger partial charge < -0.3 is 9.05 Å². The summed E-state index contributed by atoms with van der Waals surface area (Å²) in [5.41, 5.74) is 2.62. The van der Waals surface area contributed by atoms with E-state index in [1.165, 1.54) is 0 Å². The van der Waals surface area contributed by atoms with Crippen LogP contribution < -0.4 is 5.30 Å². The highest BCUT2D eigenvalue weighted by Crippen LogP contribution is 2.49. The second-order valence-corrected chi connectivity index (χ2v) is 7.77. The fourth-order valence-electron chi connectivity index (χ4n) is 2.55. The van der Waals surface area contributed by atoms with Crippen LogP contribution in [0.3, 0.4) is 0 Å². The molecule has 0 unspecified atom stereocenters. The molecule has 0 aromatic heterocycles. The van der Waals surface area contributed by atoms with Gasteiger partial charge in [-0.2, -0.15) is 0 Å². The Morgan fingerprint density at radius 1 is 0.731 bits per heavy atom. The molecule has 4 heteroatoms. The molecule has 0 spiro atoms. The molecule has 0 amide bonds. The van der Waals surface area contributed by atoms with Crippen molar-refractivity contribution in [3.63, 3.8) is 0 Å². The van der Waals surface area contributed by atoms with Crippen molar-refractivity contribution < 1.29 is 13.6 Å². The van der Waals surface area contributed by atoms with Crippen LogP contribution in [0.5, 0.6) is 0 Å². The summed E-state index contributed by atoms with van der Waals surface area (Å²) in [5.74, 6) is 0. The van der Waals surface area contributed by atoms with Crippen molar-refractivity contribution in [2.45, 2.75) is 13.2 Å². The third-order valence-electron chi connectivity index (χ3n) is 3.94. The van der Waals surface area contributed by atoms with Crippen LogP contribution in [-0.2, 0) is 26.8 Å². The van der Waals surface area contributed by atoms with Crippen molar-refractivity contribution in [1.82, 2.24) is 0 Å². The topological polar surface area (TPSA) is 35.5 Å². The van der Waals surface area contributed by atoms with Crippen LogP contribution in [0.1, 0.15) is 16.7 Å². The van der Waals surface area contributed by atoms with E-state index in [1.807, 2.05) is 78.9 Å². The first kappa shape index (κ1) is 18.3. The maximum Gasteiger partial charge on any atom is 0.362 e. The van der Waals surface area contributed by atoms with E-state index in [2.05, 4.69) is 6.58 Å². The summed E-state index contributed by atoms with van der Waals surface area (Å²) in [7, 11) is -3.53. The standard InChI is InChI=1S/C22H21O3P/c1-2-21-15-9-10-16-22(21)26(23,24-17-19-11-5-3-6-12-19)25-18-20-13-7-4-8-14-20/h2-16H,1,17-18H2. The van der Waals surface area contributed by atoms with Gasteiger partial charge in [0.1, 0.15) is 0 Å². The average Bonchev–Trinajstić information content (AvgIpc) is 2.72. The first-order valence-electron chi connectivity index (χ1n) is 8.40. The van der Waals surface area contributed by atoms with E-state index in [-0.39, 0.29) is 13.2 Å². The molecule has 0 aliphatic carbocycles. The molecule has 0 bridgehead atoms. The summed E-state index contributed by atoms with van der Waals surface area (Å²) in [6.07, 6.45) is 1.67. The molecule has 0 heterocycles. The maximum atomic E-state index is 13.6. The van der Waals surface area contributed by atoms with E-state index in [9.17, 15) is 4.57 Å². The molecular weight excluding hydrogens is 343 g/mol. The molecule has 3 nitrogen and oxygen atoms in total. The lowest BCUT2D eigenvalue weighted by atomic mass is 10.2. The maximum absolute atomic E-state index is 13.6. The zero-order chi connectivity index (χ0) is 18.2. The second-order valence-electron chi connectivity index (χ2n) is 5.78. The summed E-state index contributed by atoms with van der Waals surface area (Å²) in [5, 5.41) is 0.530. The van der Waals surface area contributed by atoms with Gasteiger partial charge in [-0.3, -0.25) is 4.57 Å². The molecule has 3 rings (SSSR count).